The largest absolute Gasteiger partial charge is 0.463 e. The zero-order chi connectivity index (χ0) is 89.3. The lowest BCUT2D eigenvalue weighted by Crippen LogP contribution is -2.01. The van der Waals surface area contributed by atoms with Crippen molar-refractivity contribution in [3.63, 3.8) is 0 Å². The van der Waals surface area contributed by atoms with Gasteiger partial charge in [-0.05, 0) is 25.7 Å². The lowest BCUT2D eigenvalue weighted by Gasteiger charge is -2.04. The second kappa shape index (κ2) is 122. The fourth-order valence-corrected chi connectivity index (χ4v) is 16.8. The molecule has 0 bridgehead atoms. The van der Waals surface area contributed by atoms with Crippen molar-refractivity contribution in [3.05, 3.63) is 50.6 Å². The van der Waals surface area contributed by atoms with Gasteiger partial charge in [-0.3, -0.25) is 0 Å². The molecule has 8 heteroatoms. The molecule has 0 fully saturated rings. The normalized spacial score (nSPS) is 11.0. The van der Waals surface area contributed by atoms with Crippen LogP contribution >= 0.6 is 0 Å². The molecule has 0 aliphatic heterocycles. The molecule has 0 N–H and O–H groups in total. The van der Waals surface area contributed by atoms with Gasteiger partial charge in [0.05, 0.1) is 26.4 Å². The van der Waals surface area contributed by atoms with Gasteiger partial charge in [0.2, 0.25) is 0 Å². The van der Waals surface area contributed by atoms with E-state index in [1.807, 2.05) is 0 Å². The van der Waals surface area contributed by atoms with E-state index in [0.717, 1.165) is 25.7 Å². The standard InChI is InChI=1S/C30H58O2.C29H56O2.C28H54O2.C27H52O2/c1-3-5-6-7-8-9-10-11-12-13-14-15-16-17-18-19-20-21-22-23-24-25-26-27-28-29-32-30(31)4-2;1-3-5-6-7-8-9-10-11-12-13-14-15-16-17-18-19-20-21-22-23-24-25-26-27-28-31-29(30)4-2;1-3-5-6-7-8-9-10-11-12-13-14-15-16-17-18-19-20-21-22-23-24-25-26-27-30-28(29)4-2;1-3-5-6-7-8-9-10-11-12-13-14-15-16-17-18-19-20-21-22-23-24-25-26-29-27(28)4-2/h4H,2-3,5-29H2,1H3;4H,2-3,5-28H2,1H3;4H,2-3,5-27H2,1H3;4H,2-3,5-26H2,1H3. The van der Waals surface area contributed by atoms with E-state index < -0.39 is 0 Å². The molecule has 0 unspecified atom stereocenters. The van der Waals surface area contributed by atoms with Gasteiger partial charge in [0, 0.05) is 24.3 Å². The molecule has 0 radical (unpaired) electrons. The molecule has 724 valence electrons. The van der Waals surface area contributed by atoms with Crippen LogP contribution in [-0.4, -0.2) is 50.3 Å². The highest BCUT2D eigenvalue weighted by atomic mass is 16.5. The molecule has 0 spiro atoms. The maximum Gasteiger partial charge on any atom is 0.330 e. The summed E-state index contributed by atoms with van der Waals surface area (Å²) in [5, 5.41) is 0. The van der Waals surface area contributed by atoms with Crippen molar-refractivity contribution in [2.45, 2.75) is 631 Å². The van der Waals surface area contributed by atoms with Gasteiger partial charge in [-0.1, -0.05) is 632 Å². The molecule has 0 saturated carbocycles. The highest BCUT2D eigenvalue weighted by Crippen LogP contribution is 2.23. The number of rotatable bonds is 102. The fourth-order valence-electron chi connectivity index (χ4n) is 16.8. The average Bonchev–Trinajstić information content (AvgIpc) is 1.13. The SMILES string of the molecule is C=CC(=O)OCCCCCCCCCCCCCCCCCCCCCCCC.C=CC(=O)OCCCCCCCCCCCCCCCCCCCCCCCCC.C=CC(=O)OCCCCCCCCCCCCCCCCCCCCCCCCCC.C=CC(=O)OCCCCCCCCCCCCCCCCCCCCCCCCCCC. The zero-order valence-electron chi connectivity index (χ0n) is 83.7. The van der Waals surface area contributed by atoms with E-state index >= 15 is 0 Å². The average molecular weight is 1720 g/mol. The Kier molecular flexibility index (Phi) is 125. The second-order valence-corrected chi connectivity index (χ2v) is 37.3. The van der Waals surface area contributed by atoms with Crippen molar-refractivity contribution < 1.29 is 38.1 Å². The van der Waals surface area contributed by atoms with Gasteiger partial charge >= 0.3 is 23.9 Å². The molecular formula is C114H220O8. The molecule has 0 aromatic rings. The zero-order valence-corrected chi connectivity index (χ0v) is 83.7. The maximum atomic E-state index is 10.9. The number of carbonyl (C=O) groups excluding carboxylic acids is 4. The lowest BCUT2D eigenvalue weighted by atomic mass is 10.0. The molecule has 0 heterocycles. The molecular weight excluding hydrogens is 1500 g/mol. The third-order valence-corrected chi connectivity index (χ3v) is 25.1. The van der Waals surface area contributed by atoms with Crippen molar-refractivity contribution in [2.24, 2.45) is 0 Å². The number of carbonyl (C=O) groups is 4. The summed E-state index contributed by atoms with van der Waals surface area (Å²) in [6.07, 6.45) is 136. The predicted molar refractivity (Wildman–Crippen MR) is 541 cm³/mol. The van der Waals surface area contributed by atoms with Gasteiger partial charge in [0.1, 0.15) is 0 Å². The molecule has 0 aliphatic carbocycles. The molecule has 0 aromatic carbocycles. The number of unbranched alkanes of at least 4 members (excludes halogenated alkanes) is 90. The summed E-state index contributed by atoms with van der Waals surface area (Å²) >= 11 is 0. The minimum Gasteiger partial charge on any atom is -0.463 e. The summed E-state index contributed by atoms with van der Waals surface area (Å²) in [6, 6.07) is 0. The number of hydrogen-bond donors (Lipinski definition) is 0. The molecule has 0 aromatic heterocycles. The van der Waals surface area contributed by atoms with Crippen LogP contribution in [0, 0.1) is 0 Å². The summed E-state index contributed by atoms with van der Waals surface area (Å²) < 4.78 is 19.9. The van der Waals surface area contributed by atoms with E-state index in [1.54, 1.807) is 0 Å². The predicted octanol–water partition coefficient (Wildman–Crippen LogP) is 39.6. The third-order valence-electron chi connectivity index (χ3n) is 25.1. The Morgan fingerprint density at radius 1 is 0.131 bits per heavy atom. The minimum absolute atomic E-state index is 0.297. The Bertz CT molecular complexity index is 1980. The monoisotopic (exact) mass is 1720 g/mol. The smallest absolute Gasteiger partial charge is 0.330 e. The Morgan fingerprint density at radius 2 is 0.197 bits per heavy atom. The topological polar surface area (TPSA) is 105 Å². The van der Waals surface area contributed by atoms with E-state index in [2.05, 4.69) is 54.0 Å². The van der Waals surface area contributed by atoms with Crippen LogP contribution in [0.1, 0.15) is 631 Å². The van der Waals surface area contributed by atoms with Crippen LogP contribution in [0.2, 0.25) is 0 Å². The van der Waals surface area contributed by atoms with E-state index in [4.69, 9.17) is 18.9 Å². The lowest BCUT2D eigenvalue weighted by molar-refractivity contribution is -0.138. The van der Waals surface area contributed by atoms with E-state index in [0.29, 0.717) is 26.4 Å². The van der Waals surface area contributed by atoms with Gasteiger partial charge in [0.15, 0.2) is 0 Å². The summed E-state index contributed by atoms with van der Waals surface area (Å²) in [6.45, 7) is 25.0. The Labute approximate surface area is 765 Å². The van der Waals surface area contributed by atoms with Crippen molar-refractivity contribution in [1.29, 1.82) is 0 Å². The maximum absolute atomic E-state index is 10.9. The van der Waals surface area contributed by atoms with Crippen LogP contribution in [0.4, 0.5) is 0 Å². The third kappa shape index (κ3) is 128. The van der Waals surface area contributed by atoms with Gasteiger partial charge in [-0.15, -0.1) is 0 Å². The van der Waals surface area contributed by atoms with Crippen LogP contribution in [0.3, 0.4) is 0 Å². The quantitative estimate of drug-likeness (QED) is 0.0257. The van der Waals surface area contributed by atoms with Crippen molar-refractivity contribution in [1.82, 2.24) is 0 Å². The molecule has 0 amide bonds. The Hall–Kier alpha value is -3.16. The number of hydrogen-bond acceptors (Lipinski definition) is 8. The fraction of sp³-hybridized carbons (Fsp3) is 0.895. The first kappa shape index (κ1) is 125. The van der Waals surface area contributed by atoms with Crippen molar-refractivity contribution >= 4 is 23.9 Å². The summed E-state index contributed by atoms with van der Waals surface area (Å²) in [7, 11) is 0. The first-order valence-electron chi connectivity index (χ1n) is 55.4. The summed E-state index contributed by atoms with van der Waals surface area (Å²) in [5.41, 5.74) is 0. The summed E-state index contributed by atoms with van der Waals surface area (Å²) in [5.74, 6) is -1.19. The van der Waals surface area contributed by atoms with Gasteiger partial charge < -0.3 is 18.9 Å². The van der Waals surface area contributed by atoms with Gasteiger partial charge in [-0.2, -0.15) is 0 Å². The highest BCUT2D eigenvalue weighted by Gasteiger charge is 2.05. The highest BCUT2D eigenvalue weighted by molar-refractivity contribution is 5.82. The Morgan fingerprint density at radius 3 is 0.262 bits per heavy atom. The molecule has 0 rings (SSSR count). The second-order valence-electron chi connectivity index (χ2n) is 37.3. The molecule has 0 atom stereocenters. The van der Waals surface area contributed by atoms with Crippen LogP contribution in [-0.2, 0) is 38.1 Å². The summed E-state index contributed by atoms with van der Waals surface area (Å²) in [4.78, 5) is 43.6. The number of esters is 4. The Balaban J connectivity index is -0.000000761. The van der Waals surface area contributed by atoms with E-state index in [9.17, 15) is 19.2 Å². The molecule has 122 heavy (non-hydrogen) atoms. The van der Waals surface area contributed by atoms with Crippen LogP contribution in [0.25, 0.3) is 0 Å². The molecule has 8 nitrogen and oxygen atoms in total. The first-order valence-corrected chi connectivity index (χ1v) is 55.4. The van der Waals surface area contributed by atoms with E-state index in [-0.39, 0.29) is 23.9 Å². The van der Waals surface area contributed by atoms with Gasteiger partial charge in [-0.25, -0.2) is 19.2 Å². The van der Waals surface area contributed by atoms with E-state index in [1.165, 1.54) is 602 Å². The molecule has 0 aliphatic rings. The van der Waals surface area contributed by atoms with Crippen molar-refractivity contribution in [3.8, 4) is 0 Å². The van der Waals surface area contributed by atoms with Crippen LogP contribution in [0.5, 0.6) is 0 Å². The molecule has 0 saturated heterocycles. The van der Waals surface area contributed by atoms with Crippen molar-refractivity contribution in [2.75, 3.05) is 26.4 Å². The van der Waals surface area contributed by atoms with Crippen LogP contribution in [0.15, 0.2) is 50.6 Å². The first-order chi connectivity index (χ1) is 60.2. The van der Waals surface area contributed by atoms with Gasteiger partial charge in [0.25, 0.3) is 0 Å². The minimum atomic E-state index is -0.298. The number of ether oxygens (including phenoxy) is 4. The van der Waals surface area contributed by atoms with Crippen LogP contribution < -0.4 is 0 Å².